The van der Waals surface area contributed by atoms with Crippen LogP contribution in [0.2, 0.25) is 13.1 Å². The van der Waals surface area contributed by atoms with Crippen LogP contribution >= 0.6 is 0 Å². The number of para-hydroxylation sites is 1. The number of anilines is 8. The molecule has 12 aromatic rings. The number of benzene rings is 12. The van der Waals surface area contributed by atoms with E-state index in [0.29, 0.717) is 0 Å². The summed E-state index contributed by atoms with van der Waals surface area (Å²) in [6.45, 7) is 33.8. The van der Waals surface area contributed by atoms with Crippen molar-refractivity contribution in [2.24, 2.45) is 0 Å². The molecule has 0 bridgehead atoms. The smallest absolute Gasteiger partial charge is 0.345 e. The van der Waals surface area contributed by atoms with Crippen molar-refractivity contribution in [2.45, 2.75) is 126 Å². The molecule has 1 heterocycles. The van der Waals surface area contributed by atoms with Crippen LogP contribution in [0.4, 0.5) is 58.7 Å². The number of nitrogens with zero attached hydrogens (tertiary/aromatic N) is 4. The Bertz CT molecular complexity index is 5230. The van der Waals surface area contributed by atoms with Crippen molar-refractivity contribution in [3.8, 4) is 44.5 Å². The Morgan fingerprint density at radius 3 is 0.942 bits per heavy atom. The highest BCUT2D eigenvalue weighted by Crippen LogP contribution is 2.53. The maximum absolute atomic E-state index is 12.8. The highest BCUT2D eigenvalue weighted by molar-refractivity contribution is 7.03. The summed E-state index contributed by atoms with van der Waals surface area (Å²) in [6.07, 6.45) is -4.32. The molecule has 3 aliphatic carbocycles. The van der Waals surface area contributed by atoms with Crippen molar-refractivity contribution in [1.82, 2.24) is 0 Å². The highest BCUT2D eigenvalue weighted by atomic mass is 28.3. The number of aryl methyl sites for hydroxylation is 7. The summed E-state index contributed by atoms with van der Waals surface area (Å²) in [4.78, 5) is 8.75. The third kappa shape index (κ3) is 13.2. The average molecular weight is 1380 g/mol. The SMILES string of the molecule is Cc1ccc(N(C)c2ccc3c(c2)-c2cc(C)ccc2C3(C)C)c(C)c1.Cc1ccc(N(C)c2ccc3c(c2)-c2cc(C)ccc2C3(C)C)cc1.Cc1ccc2c(c1)-c1cc(N(C)c3ccc(C(F)(F)F)cc3)ccc1C2(C)C.Cc1ccc2c(c1)-c1cc(N(C)c3ccccc3)ccc1[Si]2(C)C. The van der Waals surface area contributed by atoms with Crippen LogP contribution in [-0.4, -0.2) is 36.3 Å². The summed E-state index contributed by atoms with van der Waals surface area (Å²) in [6, 6.07) is 85.7. The molecule has 4 aliphatic rings. The predicted octanol–water partition coefficient (Wildman–Crippen LogP) is 24.7. The molecule has 0 fully saturated rings. The summed E-state index contributed by atoms with van der Waals surface area (Å²) >= 11 is 0. The largest absolute Gasteiger partial charge is 0.416 e. The highest BCUT2D eigenvalue weighted by Gasteiger charge is 2.40. The van der Waals surface area contributed by atoms with Crippen molar-refractivity contribution < 1.29 is 13.2 Å². The topological polar surface area (TPSA) is 13.0 Å². The Balaban J connectivity index is 0.000000122. The van der Waals surface area contributed by atoms with Gasteiger partial charge in [-0.1, -0.05) is 228 Å². The second-order valence-electron chi connectivity index (χ2n) is 31.4. The maximum atomic E-state index is 12.8. The second kappa shape index (κ2) is 26.9. The lowest BCUT2D eigenvalue weighted by molar-refractivity contribution is -0.137. The van der Waals surface area contributed by atoms with Gasteiger partial charge in [-0.05, 0) is 245 Å². The molecule has 0 amide bonds. The summed E-state index contributed by atoms with van der Waals surface area (Å²) in [5, 5.41) is 3.14. The fraction of sp³-hybridized carbons (Fsp3) is 0.242. The number of fused-ring (bicyclic) bond motifs is 12. The third-order valence-corrected chi connectivity index (χ3v) is 26.2. The van der Waals surface area contributed by atoms with Crippen LogP contribution in [0.5, 0.6) is 0 Å². The maximum Gasteiger partial charge on any atom is 0.416 e. The van der Waals surface area contributed by atoms with Crippen LogP contribution in [0, 0.1) is 48.5 Å². The van der Waals surface area contributed by atoms with Crippen molar-refractivity contribution in [3.05, 3.63) is 321 Å². The number of rotatable bonds is 8. The molecule has 4 nitrogen and oxygen atoms in total. The van der Waals surface area contributed by atoms with E-state index in [2.05, 4.69) is 351 Å². The molecule has 0 saturated carbocycles. The third-order valence-electron chi connectivity index (χ3n) is 22.7. The first-order valence-electron chi connectivity index (χ1n) is 36.1. The molecule has 0 N–H and O–H groups in total. The van der Waals surface area contributed by atoms with Crippen molar-refractivity contribution in [1.29, 1.82) is 0 Å². The summed E-state index contributed by atoms with van der Waals surface area (Å²) in [5.41, 5.74) is 36.8. The lowest BCUT2D eigenvalue weighted by atomic mass is 9.82. The van der Waals surface area contributed by atoms with E-state index in [9.17, 15) is 13.2 Å². The first-order valence-corrected chi connectivity index (χ1v) is 39.1. The van der Waals surface area contributed by atoms with Crippen molar-refractivity contribution >= 4 is 63.9 Å². The Hall–Kier alpha value is -10.2. The molecular weight excluding hydrogens is 1280 g/mol. The van der Waals surface area contributed by atoms with Gasteiger partial charge >= 0.3 is 6.18 Å². The number of hydrogen-bond acceptors (Lipinski definition) is 4. The van der Waals surface area contributed by atoms with Gasteiger partial charge in [-0.25, -0.2) is 0 Å². The minimum absolute atomic E-state index is 0.0647. The van der Waals surface area contributed by atoms with E-state index in [1.165, 1.54) is 163 Å². The number of alkyl halides is 3. The Morgan fingerprint density at radius 2 is 0.544 bits per heavy atom. The van der Waals surface area contributed by atoms with Gasteiger partial charge in [-0.2, -0.15) is 13.2 Å². The molecule has 12 aromatic carbocycles. The fourth-order valence-electron chi connectivity index (χ4n) is 16.4. The van der Waals surface area contributed by atoms with E-state index in [4.69, 9.17) is 0 Å². The molecule has 1 aliphatic heterocycles. The van der Waals surface area contributed by atoms with Gasteiger partial charge in [0, 0.05) is 89.9 Å². The fourth-order valence-corrected chi connectivity index (χ4v) is 19.4. The van der Waals surface area contributed by atoms with Crippen LogP contribution in [0.1, 0.15) is 119 Å². The molecule has 103 heavy (non-hydrogen) atoms. The lowest BCUT2D eigenvalue weighted by Gasteiger charge is -2.24. The average Bonchev–Trinajstić information content (AvgIpc) is 1.61. The zero-order chi connectivity index (χ0) is 73.6. The quantitative estimate of drug-likeness (QED) is 0.141. The lowest BCUT2D eigenvalue weighted by Crippen LogP contribution is -2.49. The van der Waals surface area contributed by atoms with Crippen molar-refractivity contribution in [3.63, 3.8) is 0 Å². The minimum Gasteiger partial charge on any atom is -0.345 e. The van der Waals surface area contributed by atoms with E-state index >= 15 is 0 Å². The molecular formula is C95H97F3N4Si. The summed E-state index contributed by atoms with van der Waals surface area (Å²) < 4.78 is 38.5. The van der Waals surface area contributed by atoms with Gasteiger partial charge in [0.15, 0.2) is 0 Å². The Labute approximate surface area is 611 Å². The predicted molar refractivity (Wildman–Crippen MR) is 437 cm³/mol. The number of hydrogen-bond donors (Lipinski definition) is 0. The Kier molecular flexibility index (Phi) is 18.6. The molecule has 0 aromatic heterocycles. The monoisotopic (exact) mass is 1380 g/mol. The number of halogens is 3. The van der Waals surface area contributed by atoms with E-state index in [0.717, 1.165) is 23.5 Å². The van der Waals surface area contributed by atoms with Crippen LogP contribution in [-0.2, 0) is 22.4 Å². The molecule has 0 saturated heterocycles. The van der Waals surface area contributed by atoms with Gasteiger partial charge in [-0.3, -0.25) is 0 Å². The molecule has 522 valence electrons. The van der Waals surface area contributed by atoms with Crippen LogP contribution in [0.25, 0.3) is 44.5 Å². The second-order valence-corrected chi connectivity index (χ2v) is 35.7. The van der Waals surface area contributed by atoms with Gasteiger partial charge in [0.2, 0.25) is 0 Å². The summed E-state index contributed by atoms with van der Waals surface area (Å²) in [7, 11) is 6.77. The van der Waals surface area contributed by atoms with Gasteiger partial charge in [-0.15, -0.1) is 0 Å². The molecule has 0 radical (unpaired) electrons. The van der Waals surface area contributed by atoms with Crippen molar-refractivity contribution in [2.75, 3.05) is 47.8 Å². The van der Waals surface area contributed by atoms with Crippen LogP contribution < -0.4 is 30.0 Å². The van der Waals surface area contributed by atoms with Crippen LogP contribution in [0.15, 0.2) is 243 Å². The first kappa shape index (κ1) is 71.3. The zero-order valence-corrected chi connectivity index (χ0v) is 64.5. The molecule has 8 heteroatoms. The van der Waals surface area contributed by atoms with E-state index < -0.39 is 19.8 Å². The molecule has 0 atom stereocenters. The zero-order valence-electron chi connectivity index (χ0n) is 63.5. The normalized spacial score (nSPS) is 14.2. The standard InChI is InChI=1S/C25H27N.C24H22F3N.C24H25N.C22H23NSi/c1-16-8-12-24(18(3)13-16)26(6)19-9-11-23-21(15-19)20-14-17(2)7-10-22(20)25(23,4)5;1-15-5-11-21-19(13-15)20-14-18(10-12-22(20)23(21,2)3)28(4)17-8-6-16(7-9-17)24(25,26)27;1-16-6-9-18(10-7-16)25(5)19-11-13-23-21(15-19)20-14-17(2)8-12-22(20)24(23,3)4;1-16-10-12-21-19(14-16)20-15-18(11-13-22(20)24(21,3)4)23(2)17-8-6-5-7-9-17/h7-15H,1-6H3;5-14H,1-4H3;6-15H,1-5H3;5-15H,1-4H3. The van der Waals surface area contributed by atoms with Crippen LogP contribution in [0.3, 0.4) is 0 Å². The van der Waals surface area contributed by atoms with Gasteiger partial charge in [0.25, 0.3) is 0 Å². The van der Waals surface area contributed by atoms with Gasteiger partial charge in [0.05, 0.1) is 5.56 Å². The first-order chi connectivity index (χ1) is 48.7. The van der Waals surface area contributed by atoms with E-state index in [-0.39, 0.29) is 16.2 Å². The van der Waals surface area contributed by atoms with E-state index in [1.54, 1.807) is 10.4 Å². The molecule has 0 unspecified atom stereocenters. The van der Waals surface area contributed by atoms with Gasteiger partial charge < -0.3 is 19.6 Å². The molecule has 0 spiro atoms. The molecule has 16 rings (SSSR count). The van der Waals surface area contributed by atoms with Gasteiger partial charge in [0.1, 0.15) is 8.07 Å². The Morgan fingerprint density at radius 1 is 0.272 bits per heavy atom. The summed E-state index contributed by atoms with van der Waals surface area (Å²) in [5.74, 6) is 0. The van der Waals surface area contributed by atoms with E-state index in [1.807, 2.05) is 18.0 Å². The minimum atomic E-state index is -4.32.